The van der Waals surface area contributed by atoms with Gasteiger partial charge in [-0.1, -0.05) is 24.3 Å². The van der Waals surface area contributed by atoms with Crippen LogP contribution in [0.25, 0.3) is 22.2 Å². The van der Waals surface area contributed by atoms with Crippen LogP contribution in [-0.2, 0) is 0 Å². The molecule has 6 heteroatoms. The minimum Gasteiger partial charge on any atom is -0.497 e. The first kappa shape index (κ1) is 14.2. The zero-order chi connectivity index (χ0) is 15.5. The van der Waals surface area contributed by atoms with Crippen molar-refractivity contribution in [1.29, 1.82) is 0 Å². The Balaban J connectivity index is 2.06. The second-order valence-electron chi connectivity index (χ2n) is 4.49. The van der Waals surface area contributed by atoms with Crippen LogP contribution < -0.4 is 9.47 Å². The summed E-state index contributed by atoms with van der Waals surface area (Å²) in [6.07, 6.45) is 1.20. The van der Waals surface area contributed by atoms with Gasteiger partial charge >= 0.3 is 6.61 Å². The minimum absolute atomic E-state index is 0.200. The molecule has 0 fully saturated rings. The van der Waals surface area contributed by atoms with Gasteiger partial charge in [0.05, 0.1) is 24.3 Å². The number of hydrogen-bond acceptors (Lipinski definition) is 4. The first-order chi connectivity index (χ1) is 10.7. The maximum atomic E-state index is 12.2. The molecule has 4 nitrogen and oxygen atoms in total. The average molecular weight is 302 g/mol. The summed E-state index contributed by atoms with van der Waals surface area (Å²) >= 11 is 0. The standard InChI is InChI=1S/C16H12F2N2O2/c1-21-11-7-5-10(6-8-11)12-3-2-4-13-15(12)19-9-14(20-13)22-16(17)18/h2-9,16H,1H3. The molecular weight excluding hydrogens is 290 g/mol. The Morgan fingerprint density at radius 1 is 1.05 bits per heavy atom. The third kappa shape index (κ3) is 2.81. The van der Waals surface area contributed by atoms with Gasteiger partial charge in [-0.05, 0) is 23.8 Å². The Bertz CT molecular complexity index is 792. The number of nitrogens with zero attached hydrogens (tertiary/aromatic N) is 2. The van der Waals surface area contributed by atoms with Crippen LogP contribution in [-0.4, -0.2) is 23.7 Å². The van der Waals surface area contributed by atoms with E-state index in [0.717, 1.165) is 16.9 Å². The number of fused-ring (bicyclic) bond motifs is 1. The predicted octanol–water partition coefficient (Wildman–Crippen LogP) is 3.91. The van der Waals surface area contributed by atoms with E-state index in [-0.39, 0.29) is 5.88 Å². The van der Waals surface area contributed by atoms with E-state index in [4.69, 9.17) is 4.74 Å². The molecule has 0 spiro atoms. The predicted molar refractivity (Wildman–Crippen MR) is 78.2 cm³/mol. The van der Waals surface area contributed by atoms with Gasteiger partial charge in [-0.15, -0.1) is 0 Å². The van der Waals surface area contributed by atoms with Gasteiger partial charge in [0.1, 0.15) is 5.75 Å². The summed E-state index contributed by atoms with van der Waals surface area (Å²) in [6.45, 7) is -2.92. The van der Waals surface area contributed by atoms with Gasteiger partial charge in [0.15, 0.2) is 0 Å². The highest BCUT2D eigenvalue weighted by molar-refractivity contribution is 5.91. The lowest BCUT2D eigenvalue weighted by atomic mass is 10.0. The van der Waals surface area contributed by atoms with Crippen LogP contribution in [0.3, 0.4) is 0 Å². The van der Waals surface area contributed by atoms with Gasteiger partial charge in [-0.3, -0.25) is 0 Å². The number of ether oxygens (including phenoxy) is 2. The summed E-state index contributed by atoms with van der Waals surface area (Å²) in [5, 5.41) is 0. The molecule has 2 aromatic carbocycles. The largest absolute Gasteiger partial charge is 0.497 e. The van der Waals surface area contributed by atoms with Gasteiger partial charge in [0.2, 0.25) is 5.88 Å². The summed E-state index contributed by atoms with van der Waals surface area (Å²) in [5.74, 6) is 0.553. The number of benzene rings is 2. The van der Waals surface area contributed by atoms with Crippen molar-refractivity contribution in [2.75, 3.05) is 7.11 Å². The number of rotatable bonds is 4. The smallest absolute Gasteiger partial charge is 0.388 e. The lowest BCUT2D eigenvalue weighted by Crippen LogP contribution is -2.04. The normalized spacial score (nSPS) is 10.9. The van der Waals surface area contributed by atoms with Crippen molar-refractivity contribution in [3.05, 3.63) is 48.7 Å². The molecule has 0 saturated heterocycles. The van der Waals surface area contributed by atoms with Crippen LogP contribution in [0.5, 0.6) is 11.6 Å². The number of methoxy groups -OCH3 is 1. The van der Waals surface area contributed by atoms with Crippen molar-refractivity contribution >= 4 is 11.0 Å². The van der Waals surface area contributed by atoms with Crippen LogP contribution in [0.15, 0.2) is 48.7 Å². The van der Waals surface area contributed by atoms with E-state index in [1.165, 1.54) is 6.20 Å². The Morgan fingerprint density at radius 3 is 2.50 bits per heavy atom. The van der Waals surface area contributed by atoms with E-state index in [2.05, 4.69) is 14.7 Å². The second-order valence-corrected chi connectivity index (χ2v) is 4.49. The zero-order valence-corrected chi connectivity index (χ0v) is 11.7. The van der Waals surface area contributed by atoms with Crippen molar-refractivity contribution in [2.24, 2.45) is 0 Å². The molecule has 112 valence electrons. The first-order valence-corrected chi connectivity index (χ1v) is 6.52. The van der Waals surface area contributed by atoms with Gasteiger partial charge in [0, 0.05) is 5.56 Å². The van der Waals surface area contributed by atoms with Crippen molar-refractivity contribution in [3.63, 3.8) is 0 Å². The highest BCUT2D eigenvalue weighted by atomic mass is 19.3. The molecule has 0 unspecified atom stereocenters. The molecule has 1 heterocycles. The number of aromatic nitrogens is 2. The number of halogens is 2. The van der Waals surface area contributed by atoms with Crippen LogP contribution in [0.1, 0.15) is 0 Å². The van der Waals surface area contributed by atoms with E-state index in [0.29, 0.717) is 11.0 Å². The summed E-state index contributed by atoms with van der Waals surface area (Å²) in [5.41, 5.74) is 2.90. The molecule has 22 heavy (non-hydrogen) atoms. The van der Waals surface area contributed by atoms with E-state index >= 15 is 0 Å². The molecule has 0 N–H and O–H groups in total. The molecule has 0 radical (unpaired) electrons. The number of hydrogen-bond donors (Lipinski definition) is 0. The highest BCUT2D eigenvalue weighted by Crippen LogP contribution is 2.28. The highest BCUT2D eigenvalue weighted by Gasteiger charge is 2.10. The monoisotopic (exact) mass is 302 g/mol. The van der Waals surface area contributed by atoms with Crippen molar-refractivity contribution in [3.8, 4) is 22.8 Å². The molecule has 0 amide bonds. The van der Waals surface area contributed by atoms with E-state index < -0.39 is 6.61 Å². The van der Waals surface area contributed by atoms with E-state index in [9.17, 15) is 8.78 Å². The second kappa shape index (κ2) is 5.93. The van der Waals surface area contributed by atoms with Crippen LogP contribution in [0.2, 0.25) is 0 Å². The van der Waals surface area contributed by atoms with Gasteiger partial charge in [-0.2, -0.15) is 8.78 Å². The number of para-hydroxylation sites is 1. The Hall–Kier alpha value is -2.76. The fourth-order valence-electron chi connectivity index (χ4n) is 2.18. The average Bonchev–Trinajstić information content (AvgIpc) is 2.53. The molecule has 3 aromatic rings. The molecule has 0 saturated carbocycles. The zero-order valence-electron chi connectivity index (χ0n) is 11.7. The Kier molecular flexibility index (Phi) is 3.82. The van der Waals surface area contributed by atoms with Crippen molar-refractivity contribution in [2.45, 2.75) is 6.61 Å². The lowest BCUT2D eigenvalue weighted by molar-refractivity contribution is -0.0528. The fourth-order valence-corrected chi connectivity index (χ4v) is 2.18. The summed E-state index contributed by atoms with van der Waals surface area (Å²) in [6, 6.07) is 12.9. The van der Waals surface area contributed by atoms with E-state index in [1.54, 1.807) is 19.2 Å². The minimum atomic E-state index is -2.92. The Labute approximate surface area is 125 Å². The molecule has 3 rings (SSSR count). The van der Waals surface area contributed by atoms with E-state index in [1.807, 2.05) is 30.3 Å². The first-order valence-electron chi connectivity index (χ1n) is 6.52. The van der Waals surface area contributed by atoms with Crippen LogP contribution >= 0.6 is 0 Å². The van der Waals surface area contributed by atoms with Gasteiger partial charge in [-0.25, -0.2) is 9.97 Å². The summed E-state index contributed by atoms with van der Waals surface area (Å²) in [4.78, 5) is 8.25. The molecule has 0 bridgehead atoms. The maximum Gasteiger partial charge on any atom is 0.388 e. The lowest BCUT2D eigenvalue weighted by Gasteiger charge is -2.08. The number of alkyl halides is 2. The molecule has 0 aliphatic rings. The fraction of sp³-hybridized carbons (Fsp3) is 0.125. The SMILES string of the molecule is COc1ccc(-c2cccc3nc(OC(F)F)cnc23)cc1. The summed E-state index contributed by atoms with van der Waals surface area (Å²) < 4.78 is 33.9. The van der Waals surface area contributed by atoms with Gasteiger partial charge < -0.3 is 9.47 Å². The maximum absolute atomic E-state index is 12.2. The van der Waals surface area contributed by atoms with Crippen LogP contribution in [0, 0.1) is 0 Å². The van der Waals surface area contributed by atoms with Crippen molar-refractivity contribution < 1.29 is 18.3 Å². The van der Waals surface area contributed by atoms with Gasteiger partial charge in [0.25, 0.3) is 0 Å². The molecular formula is C16H12F2N2O2. The topological polar surface area (TPSA) is 44.2 Å². The van der Waals surface area contributed by atoms with Crippen molar-refractivity contribution in [1.82, 2.24) is 9.97 Å². The quantitative estimate of drug-likeness (QED) is 0.733. The van der Waals surface area contributed by atoms with Crippen LogP contribution in [0.4, 0.5) is 8.78 Å². The Morgan fingerprint density at radius 2 is 1.82 bits per heavy atom. The third-order valence-electron chi connectivity index (χ3n) is 3.16. The third-order valence-corrected chi connectivity index (χ3v) is 3.16. The molecule has 1 aromatic heterocycles. The molecule has 0 atom stereocenters. The molecule has 0 aliphatic carbocycles. The summed E-state index contributed by atoms with van der Waals surface area (Å²) in [7, 11) is 1.60. The molecule has 0 aliphatic heterocycles.